The number of phenolic OH excluding ortho intramolecular Hbond substituents is 1. The minimum atomic E-state index is -0.945. The van der Waals surface area contributed by atoms with Crippen molar-refractivity contribution >= 4 is 56.5 Å². The molecule has 2 aliphatic heterocycles. The van der Waals surface area contributed by atoms with Gasteiger partial charge in [-0.3, -0.25) is 19.2 Å². The Hall–Kier alpha value is -5.25. The quantitative estimate of drug-likeness (QED) is 0.123. The number of amides is 4. The first-order chi connectivity index (χ1) is 27.7. The molecule has 0 unspecified atom stereocenters. The number of aliphatic hydroxyl groups is 1. The molecule has 13 nitrogen and oxygen atoms in total. The first kappa shape index (κ1) is 40.9. The number of aliphatic hydroxyl groups excluding tert-OH is 1. The summed E-state index contributed by atoms with van der Waals surface area (Å²) < 4.78 is 0. The Bertz CT molecular complexity index is 2330. The van der Waals surface area contributed by atoms with Crippen molar-refractivity contribution < 1.29 is 29.4 Å². The Kier molecular flexibility index (Phi) is 11.9. The number of para-hydroxylation sites is 1. The fourth-order valence-electron chi connectivity index (χ4n) is 7.67. The molecule has 5 heterocycles. The number of benzene rings is 2. The normalized spacial score (nSPS) is 17.6. The van der Waals surface area contributed by atoms with E-state index in [1.807, 2.05) is 75.7 Å². The number of phenols is 1. The average molecular weight is 824 g/mol. The molecule has 7 rings (SSSR count). The van der Waals surface area contributed by atoms with Gasteiger partial charge >= 0.3 is 0 Å². The van der Waals surface area contributed by atoms with Crippen LogP contribution in [0, 0.1) is 19.3 Å². The lowest BCUT2D eigenvalue weighted by atomic mass is 9.85. The molecule has 0 aliphatic carbocycles. The molecular formula is C43H49N7O6S2. The molecule has 58 heavy (non-hydrogen) atoms. The van der Waals surface area contributed by atoms with Crippen molar-refractivity contribution in [1.29, 1.82) is 0 Å². The van der Waals surface area contributed by atoms with E-state index in [1.54, 1.807) is 39.7 Å². The van der Waals surface area contributed by atoms with Gasteiger partial charge in [-0.05, 0) is 60.6 Å². The molecule has 0 spiro atoms. The number of rotatable bonds is 12. The highest BCUT2D eigenvalue weighted by molar-refractivity contribution is 7.19. The van der Waals surface area contributed by atoms with E-state index in [9.17, 15) is 29.4 Å². The number of aromatic hydroxyl groups is 1. The highest BCUT2D eigenvalue weighted by Gasteiger charge is 2.44. The van der Waals surface area contributed by atoms with Crippen LogP contribution < -0.4 is 10.6 Å². The third-order valence-electron chi connectivity index (χ3n) is 11.0. The minimum Gasteiger partial charge on any atom is -0.507 e. The van der Waals surface area contributed by atoms with Crippen LogP contribution in [0.3, 0.4) is 0 Å². The molecule has 304 valence electrons. The smallest absolute Gasteiger partial charge is 0.246 e. The maximum atomic E-state index is 14.0. The topological polar surface area (TPSA) is 178 Å². The maximum absolute atomic E-state index is 14.0. The van der Waals surface area contributed by atoms with Gasteiger partial charge in [0, 0.05) is 67.2 Å². The molecule has 2 saturated heterocycles. The van der Waals surface area contributed by atoms with E-state index in [0.29, 0.717) is 30.8 Å². The van der Waals surface area contributed by atoms with Crippen molar-refractivity contribution in [2.24, 2.45) is 5.41 Å². The van der Waals surface area contributed by atoms with Crippen molar-refractivity contribution in [2.45, 2.75) is 91.0 Å². The minimum absolute atomic E-state index is 0.0126. The third kappa shape index (κ3) is 8.76. The molecule has 2 aliphatic rings. The number of fused-ring (bicyclic) bond motifs is 1. The van der Waals surface area contributed by atoms with E-state index in [2.05, 4.69) is 32.7 Å². The van der Waals surface area contributed by atoms with Gasteiger partial charge in [-0.1, -0.05) is 57.2 Å². The number of carbonyl (C=O) groups is 4. The summed E-state index contributed by atoms with van der Waals surface area (Å²) in [7, 11) is 0. The largest absolute Gasteiger partial charge is 0.507 e. The molecule has 5 aromatic rings. The predicted octanol–water partition coefficient (Wildman–Crippen LogP) is 5.71. The van der Waals surface area contributed by atoms with Crippen LogP contribution in [0.5, 0.6) is 5.75 Å². The number of thiazole rings is 1. The summed E-state index contributed by atoms with van der Waals surface area (Å²) in [6, 6.07) is 15.0. The number of nitrogens with zero attached hydrogens (tertiary/aromatic N) is 5. The lowest BCUT2D eigenvalue weighted by molar-refractivity contribution is -0.144. The number of hydrogen-bond donors (Lipinski definition) is 4. The summed E-state index contributed by atoms with van der Waals surface area (Å²) in [5, 5.41) is 36.4. The summed E-state index contributed by atoms with van der Waals surface area (Å²) in [6.07, 6.45) is -0.193. The van der Waals surface area contributed by atoms with Gasteiger partial charge in [-0.25, -0.2) is 4.98 Å². The van der Waals surface area contributed by atoms with Crippen molar-refractivity contribution in [3.8, 4) is 27.4 Å². The van der Waals surface area contributed by atoms with Crippen LogP contribution >= 0.6 is 22.7 Å². The van der Waals surface area contributed by atoms with Crippen LogP contribution in [0.25, 0.3) is 31.9 Å². The Morgan fingerprint density at radius 3 is 2.41 bits per heavy atom. The first-order valence-corrected chi connectivity index (χ1v) is 21.3. The standard InChI is InChI=1S/C43H49N7O6S2/c1-24-31-18-32(30-9-6-7-10-34(30)52)47-48-41(31)58-37(24)28-20-49(21-28)36(54)12-8-11-35(53)46-39(43(3,4)5)42(56)50-22-29(51)17-33(50)40(55)44-19-26-13-15-27(16-14-26)38-25(2)45-23-57-38/h6-7,9-10,13-16,18,23,28-29,33,39,51-52H,8,11-12,17,19-22H2,1-5H3,(H,44,55)(H,46,53)/t29-,33+,39-/m1/s1. The first-order valence-electron chi connectivity index (χ1n) is 19.6. The summed E-state index contributed by atoms with van der Waals surface area (Å²) >= 11 is 3.15. The summed E-state index contributed by atoms with van der Waals surface area (Å²) in [5.74, 6) is -0.857. The summed E-state index contributed by atoms with van der Waals surface area (Å²) in [5.41, 5.74) is 6.35. The lowest BCUT2D eigenvalue weighted by Gasteiger charge is -2.39. The molecule has 2 aromatic carbocycles. The van der Waals surface area contributed by atoms with Crippen molar-refractivity contribution in [3.05, 3.63) is 81.8 Å². The average Bonchev–Trinajstić information content (AvgIpc) is 3.88. The number of β-amino-alcohol motifs (C(OH)–C–C–N with tert-alkyl or cyclic N) is 1. The molecule has 4 N–H and O–H groups in total. The zero-order valence-electron chi connectivity index (χ0n) is 33.3. The zero-order chi connectivity index (χ0) is 41.3. The van der Waals surface area contributed by atoms with Crippen LogP contribution in [0.15, 0.2) is 60.1 Å². The van der Waals surface area contributed by atoms with Gasteiger partial charge in [0.1, 0.15) is 22.7 Å². The van der Waals surface area contributed by atoms with Crippen LogP contribution in [-0.2, 0) is 25.7 Å². The van der Waals surface area contributed by atoms with Crippen LogP contribution in [0.4, 0.5) is 0 Å². The second-order valence-corrected chi connectivity index (χ2v) is 18.2. The summed E-state index contributed by atoms with van der Waals surface area (Å²) in [6.45, 7) is 11.0. The lowest BCUT2D eigenvalue weighted by Crippen LogP contribution is -2.57. The fourth-order valence-corrected chi connectivity index (χ4v) is 9.67. The van der Waals surface area contributed by atoms with Crippen molar-refractivity contribution in [2.75, 3.05) is 19.6 Å². The number of thiophene rings is 1. The van der Waals surface area contributed by atoms with E-state index in [4.69, 9.17) is 0 Å². The van der Waals surface area contributed by atoms with Gasteiger partial charge in [0.05, 0.1) is 27.9 Å². The molecule has 2 fully saturated rings. The zero-order valence-corrected chi connectivity index (χ0v) is 35.0. The second kappa shape index (κ2) is 16.9. The predicted molar refractivity (Wildman–Crippen MR) is 224 cm³/mol. The van der Waals surface area contributed by atoms with Crippen molar-refractivity contribution in [1.82, 2.24) is 35.6 Å². The van der Waals surface area contributed by atoms with Crippen LogP contribution in [0.1, 0.15) is 74.1 Å². The Morgan fingerprint density at radius 2 is 1.72 bits per heavy atom. The molecule has 3 aromatic heterocycles. The second-order valence-electron chi connectivity index (χ2n) is 16.4. The number of aryl methyl sites for hydroxylation is 2. The highest BCUT2D eigenvalue weighted by atomic mass is 32.1. The van der Waals surface area contributed by atoms with Gasteiger partial charge in [0.25, 0.3) is 0 Å². The van der Waals surface area contributed by atoms with E-state index in [1.165, 1.54) is 9.78 Å². The van der Waals surface area contributed by atoms with Crippen LogP contribution in [0.2, 0.25) is 0 Å². The van der Waals surface area contributed by atoms with E-state index in [0.717, 1.165) is 37.5 Å². The van der Waals surface area contributed by atoms with Gasteiger partial charge in [0.2, 0.25) is 23.6 Å². The summed E-state index contributed by atoms with van der Waals surface area (Å²) in [4.78, 5) is 64.4. The number of likely N-dealkylation sites (tertiary alicyclic amines) is 2. The Labute approximate surface area is 345 Å². The number of nitrogens with one attached hydrogen (secondary N) is 2. The van der Waals surface area contributed by atoms with Gasteiger partial charge in [-0.2, -0.15) is 0 Å². The number of hydrogen-bond acceptors (Lipinski definition) is 11. The highest BCUT2D eigenvalue weighted by Crippen LogP contribution is 2.40. The Morgan fingerprint density at radius 1 is 0.983 bits per heavy atom. The third-order valence-corrected chi connectivity index (χ3v) is 13.4. The van der Waals surface area contributed by atoms with Gasteiger partial charge < -0.3 is 30.6 Å². The molecule has 4 amide bonds. The Balaban J connectivity index is 0.890. The van der Waals surface area contributed by atoms with E-state index < -0.39 is 29.5 Å². The van der Waals surface area contributed by atoms with Gasteiger partial charge in [-0.15, -0.1) is 32.9 Å². The van der Waals surface area contributed by atoms with E-state index in [-0.39, 0.29) is 61.7 Å². The molecule has 0 bridgehead atoms. The van der Waals surface area contributed by atoms with Crippen LogP contribution in [-0.4, -0.2) is 96.6 Å². The van der Waals surface area contributed by atoms with Gasteiger partial charge in [0.15, 0.2) is 0 Å². The van der Waals surface area contributed by atoms with Crippen molar-refractivity contribution in [3.63, 3.8) is 0 Å². The molecule has 0 radical (unpaired) electrons. The molecule has 3 atom stereocenters. The maximum Gasteiger partial charge on any atom is 0.246 e. The van der Waals surface area contributed by atoms with E-state index >= 15 is 0 Å². The fraction of sp³-hybridized carbons (Fsp3) is 0.419. The number of aromatic nitrogens is 3. The monoisotopic (exact) mass is 823 g/mol. The molecule has 15 heteroatoms. The SMILES string of the molecule is Cc1ncsc1-c1ccc(CNC(=O)[C@@H]2C[C@@H](O)CN2C(=O)[C@@H](NC(=O)CCCC(=O)N2CC(c3sc4nnc(-c5ccccc5O)cc4c3C)C2)C(C)(C)C)cc1. The molecule has 0 saturated carbocycles. The number of carbonyl (C=O) groups excluding carboxylic acids is 4. The molecular weight excluding hydrogens is 775 g/mol.